The molecule has 1 fully saturated rings. The van der Waals surface area contributed by atoms with Gasteiger partial charge in [-0.1, -0.05) is 13.0 Å². The number of amides is 3. The van der Waals surface area contributed by atoms with Crippen LogP contribution in [0.15, 0.2) is 23.3 Å². The van der Waals surface area contributed by atoms with Crippen LogP contribution in [0.3, 0.4) is 0 Å². The molecule has 0 radical (unpaired) electrons. The molecule has 3 amide bonds. The number of hydrazone groups is 1. The lowest BCUT2D eigenvalue weighted by Crippen LogP contribution is -2.40. The van der Waals surface area contributed by atoms with E-state index in [2.05, 4.69) is 15.8 Å². The number of phenols is 1. The van der Waals surface area contributed by atoms with Crippen LogP contribution < -0.4 is 10.7 Å². The molecule has 0 bridgehead atoms. The van der Waals surface area contributed by atoms with Crippen LogP contribution in [0.5, 0.6) is 5.75 Å². The Morgan fingerprint density at radius 2 is 2.04 bits per heavy atom. The Kier molecular flexibility index (Phi) is 5.81. The highest BCUT2D eigenvalue weighted by molar-refractivity contribution is 6.06. The first kappa shape index (κ1) is 19.7. The first-order valence-corrected chi connectivity index (χ1v) is 9.26. The van der Waals surface area contributed by atoms with E-state index in [1.54, 1.807) is 17.0 Å². The van der Waals surface area contributed by atoms with Crippen LogP contribution in [0.4, 0.5) is 10.5 Å². The Bertz CT molecular complexity index is 815. The predicted molar refractivity (Wildman–Crippen MR) is 102 cm³/mol. The fourth-order valence-corrected chi connectivity index (χ4v) is 3.38. The van der Waals surface area contributed by atoms with Crippen LogP contribution in [0.25, 0.3) is 0 Å². The minimum Gasteiger partial charge on any atom is -0.506 e. The number of rotatable bonds is 3. The number of anilines is 1. The van der Waals surface area contributed by atoms with Gasteiger partial charge in [0.15, 0.2) is 0 Å². The maximum Gasteiger partial charge on any atom is 0.412 e. The number of likely N-dealkylation sites (tertiary alicyclic amines) is 1. The summed E-state index contributed by atoms with van der Waals surface area (Å²) in [5.74, 6) is -0.314. The smallest absolute Gasteiger partial charge is 0.412 e. The number of nitrogens with one attached hydrogen (secondary N) is 2. The molecule has 9 nitrogen and oxygen atoms in total. The molecule has 1 atom stereocenters. The molecular weight excluding hydrogens is 364 g/mol. The number of aromatic hydroxyl groups is 1. The Labute approximate surface area is 162 Å². The summed E-state index contributed by atoms with van der Waals surface area (Å²) in [5, 5.41) is 16.8. The Morgan fingerprint density at radius 3 is 2.64 bits per heavy atom. The lowest BCUT2D eigenvalue weighted by molar-refractivity contribution is -0.130. The van der Waals surface area contributed by atoms with Gasteiger partial charge in [0, 0.05) is 50.8 Å². The normalized spacial score (nSPS) is 20.2. The second kappa shape index (κ2) is 8.28. The van der Waals surface area contributed by atoms with E-state index >= 15 is 0 Å². The van der Waals surface area contributed by atoms with E-state index in [9.17, 15) is 19.5 Å². The number of carbonyl (C=O) groups excluding carboxylic acids is 3. The molecule has 2 heterocycles. The summed E-state index contributed by atoms with van der Waals surface area (Å²) >= 11 is 0. The van der Waals surface area contributed by atoms with Crippen molar-refractivity contribution in [1.82, 2.24) is 10.3 Å². The van der Waals surface area contributed by atoms with Crippen molar-refractivity contribution in [3.8, 4) is 5.75 Å². The number of carbonyl (C=O) groups is 3. The summed E-state index contributed by atoms with van der Waals surface area (Å²) in [7, 11) is 0. The second-order valence-corrected chi connectivity index (χ2v) is 7.10. The number of benzene rings is 1. The Morgan fingerprint density at radius 1 is 1.32 bits per heavy atom. The van der Waals surface area contributed by atoms with Gasteiger partial charge in [-0.15, -0.1) is 0 Å². The summed E-state index contributed by atoms with van der Waals surface area (Å²) in [5.41, 5.74) is 4.00. The number of hydrogen-bond acceptors (Lipinski definition) is 6. The molecule has 1 aromatic rings. The second-order valence-electron chi connectivity index (χ2n) is 7.10. The molecule has 150 valence electrons. The van der Waals surface area contributed by atoms with Gasteiger partial charge < -0.3 is 14.7 Å². The molecule has 2 aliphatic rings. The van der Waals surface area contributed by atoms with Gasteiger partial charge in [-0.3, -0.25) is 14.9 Å². The summed E-state index contributed by atoms with van der Waals surface area (Å²) in [4.78, 5) is 36.5. The number of phenolic OH excluding ortho intramolecular Hbond substituents is 1. The zero-order chi connectivity index (χ0) is 20.3. The average Bonchev–Trinajstić information content (AvgIpc) is 2.64. The van der Waals surface area contributed by atoms with Crippen molar-refractivity contribution < 1.29 is 24.2 Å². The summed E-state index contributed by atoms with van der Waals surface area (Å²) in [6.07, 6.45) is 0.579. The molecular formula is C19H24N4O5. The van der Waals surface area contributed by atoms with Crippen LogP contribution in [0, 0.1) is 5.92 Å². The van der Waals surface area contributed by atoms with E-state index in [1.807, 2.05) is 6.92 Å². The molecule has 0 aliphatic carbocycles. The standard InChI is InChI=1S/C19H24N4O5/c1-11-9-17(26)21-22-18(11)13-3-4-15(16(25)10-13)20-19(27)28-14-5-7-23(8-6-14)12(2)24/h3-4,10-11,14,25H,5-9H2,1-2H3,(H,20,27)(H,21,26). The summed E-state index contributed by atoms with van der Waals surface area (Å²) in [6.45, 7) is 4.53. The number of nitrogens with zero attached hydrogens (tertiary/aromatic N) is 2. The molecule has 2 aliphatic heterocycles. The molecule has 0 saturated carbocycles. The molecule has 1 unspecified atom stereocenters. The minimum absolute atomic E-state index is 0.0179. The van der Waals surface area contributed by atoms with E-state index in [-0.39, 0.29) is 35.3 Å². The van der Waals surface area contributed by atoms with Gasteiger partial charge >= 0.3 is 6.09 Å². The van der Waals surface area contributed by atoms with Crippen molar-refractivity contribution in [2.24, 2.45) is 11.0 Å². The van der Waals surface area contributed by atoms with Gasteiger partial charge in [0.2, 0.25) is 11.8 Å². The predicted octanol–water partition coefficient (Wildman–Crippen LogP) is 1.81. The van der Waals surface area contributed by atoms with Gasteiger partial charge in [0.1, 0.15) is 11.9 Å². The largest absolute Gasteiger partial charge is 0.506 e. The first-order valence-electron chi connectivity index (χ1n) is 9.26. The van der Waals surface area contributed by atoms with E-state index in [1.165, 1.54) is 13.0 Å². The number of hydrogen-bond donors (Lipinski definition) is 3. The molecule has 0 aromatic heterocycles. The fraction of sp³-hybridized carbons (Fsp3) is 0.474. The zero-order valence-electron chi connectivity index (χ0n) is 15.9. The van der Waals surface area contributed by atoms with Crippen molar-refractivity contribution in [3.05, 3.63) is 23.8 Å². The van der Waals surface area contributed by atoms with Gasteiger partial charge in [0.05, 0.1) is 11.4 Å². The highest BCUT2D eigenvalue weighted by atomic mass is 16.6. The van der Waals surface area contributed by atoms with E-state index in [4.69, 9.17) is 4.74 Å². The number of ether oxygens (including phenoxy) is 1. The van der Waals surface area contributed by atoms with Crippen molar-refractivity contribution in [3.63, 3.8) is 0 Å². The third-order valence-electron chi connectivity index (χ3n) is 4.95. The van der Waals surface area contributed by atoms with Crippen LogP contribution >= 0.6 is 0 Å². The van der Waals surface area contributed by atoms with E-state index in [0.29, 0.717) is 43.6 Å². The maximum absolute atomic E-state index is 12.1. The lowest BCUT2D eigenvalue weighted by atomic mass is 9.94. The van der Waals surface area contributed by atoms with Crippen molar-refractivity contribution in [2.45, 2.75) is 39.2 Å². The summed E-state index contributed by atoms with van der Waals surface area (Å²) < 4.78 is 5.38. The van der Waals surface area contributed by atoms with Gasteiger partial charge in [-0.2, -0.15) is 5.10 Å². The maximum atomic E-state index is 12.1. The third kappa shape index (κ3) is 4.59. The van der Waals surface area contributed by atoms with Crippen molar-refractivity contribution in [2.75, 3.05) is 18.4 Å². The summed E-state index contributed by atoms with van der Waals surface area (Å²) in [6, 6.07) is 4.78. The highest BCUT2D eigenvalue weighted by Gasteiger charge is 2.25. The fourth-order valence-electron chi connectivity index (χ4n) is 3.38. The molecule has 28 heavy (non-hydrogen) atoms. The third-order valence-corrected chi connectivity index (χ3v) is 4.95. The van der Waals surface area contributed by atoms with E-state index in [0.717, 1.165) is 0 Å². The van der Waals surface area contributed by atoms with Gasteiger partial charge in [-0.25, -0.2) is 10.2 Å². The van der Waals surface area contributed by atoms with E-state index < -0.39 is 6.09 Å². The Hall–Kier alpha value is -3.10. The Balaban J connectivity index is 1.58. The zero-order valence-corrected chi connectivity index (χ0v) is 15.9. The van der Waals surface area contributed by atoms with Crippen molar-refractivity contribution in [1.29, 1.82) is 0 Å². The molecule has 3 N–H and O–H groups in total. The molecule has 0 spiro atoms. The average molecular weight is 388 g/mol. The molecule has 3 rings (SSSR count). The van der Waals surface area contributed by atoms with Gasteiger partial charge in [-0.05, 0) is 12.1 Å². The molecule has 1 aromatic carbocycles. The quantitative estimate of drug-likeness (QED) is 0.682. The minimum atomic E-state index is -0.653. The van der Waals surface area contributed by atoms with Crippen LogP contribution in [-0.2, 0) is 14.3 Å². The van der Waals surface area contributed by atoms with Crippen LogP contribution in [-0.4, -0.2) is 52.8 Å². The highest BCUT2D eigenvalue weighted by Crippen LogP contribution is 2.27. The molecule has 9 heteroatoms. The lowest BCUT2D eigenvalue weighted by Gasteiger charge is -2.30. The topological polar surface area (TPSA) is 120 Å². The monoisotopic (exact) mass is 388 g/mol. The van der Waals surface area contributed by atoms with Gasteiger partial charge in [0.25, 0.3) is 0 Å². The SMILES string of the molecule is CC(=O)N1CCC(OC(=O)Nc2ccc(C3=NNC(=O)CC3C)cc2O)CC1. The molecule has 1 saturated heterocycles. The number of piperidine rings is 1. The van der Waals surface area contributed by atoms with Crippen LogP contribution in [0.2, 0.25) is 0 Å². The van der Waals surface area contributed by atoms with Crippen molar-refractivity contribution >= 4 is 29.3 Å². The first-order chi connectivity index (χ1) is 13.3. The van der Waals surface area contributed by atoms with Crippen LogP contribution in [0.1, 0.15) is 38.7 Å².